The van der Waals surface area contributed by atoms with Crippen molar-refractivity contribution in [3.63, 3.8) is 0 Å². The topological polar surface area (TPSA) is 21.6 Å². The van der Waals surface area contributed by atoms with E-state index in [2.05, 4.69) is 39.6 Å². The normalized spacial score (nSPS) is 13.4. The van der Waals surface area contributed by atoms with Crippen LogP contribution in [0.3, 0.4) is 0 Å². The highest BCUT2D eigenvalue weighted by Gasteiger charge is 2.33. The second-order valence-corrected chi connectivity index (χ2v) is 5.17. The van der Waals surface area contributed by atoms with Gasteiger partial charge in [0.1, 0.15) is 0 Å². The van der Waals surface area contributed by atoms with Crippen molar-refractivity contribution in [1.29, 1.82) is 0 Å². The van der Waals surface area contributed by atoms with Gasteiger partial charge in [-0.1, -0.05) is 40.7 Å². The number of aliphatic imine (C=N–C) groups is 1. The van der Waals surface area contributed by atoms with E-state index in [1.165, 1.54) is 0 Å². The van der Waals surface area contributed by atoms with Gasteiger partial charge in [-0.25, -0.2) is 0 Å². The fourth-order valence-corrected chi connectivity index (χ4v) is 0.714. The van der Waals surface area contributed by atoms with Crippen LogP contribution in [0, 0.1) is 5.41 Å². The van der Waals surface area contributed by atoms with Crippen molar-refractivity contribution in [2.75, 3.05) is 7.05 Å². The average Bonchev–Trinajstić information content (AvgIpc) is 2.25. The molecule has 0 aromatic heterocycles. The lowest BCUT2D eigenvalue weighted by Crippen LogP contribution is -2.40. The number of hydrogen-bond donors (Lipinski definition) is 0. The highest BCUT2D eigenvalue weighted by atomic mass is 16.5. The highest BCUT2D eigenvalue weighted by Crippen LogP contribution is 2.32. The van der Waals surface area contributed by atoms with Gasteiger partial charge in [-0.2, -0.15) is 0 Å². The molecule has 0 saturated carbocycles. The van der Waals surface area contributed by atoms with Crippen LogP contribution in [0.5, 0.6) is 0 Å². The Morgan fingerprint density at radius 3 is 1.88 bits per heavy atom. The van der Waals surface area contributed by atoms with E-state index in [9.17, 15) is 0 Å². The Hall–Kier alpha value is -0.565. The Balaban J connectivity index is 0. The Kier molecular flexibility index (Phi) is 9.41. The lowest BCUT2D eigenvalue weighted by Gasteiger charge is -2.39. The van der Waals surface area contributed by atoms with E-state index in [1.54, 1.807) is 20.7 Å². The fraction of sp³-hybridized carbons (Fsp3) is 0.786. The summed E-state index contributed by atoms with van der Waals surface area (Å²) in [6.07, 6.45) is 3.77. The zero-order chi connectivity index (χ0) is 14.1. The average molecular weight is 238 g/mol. The zero-order valence-corrected chi connectivity index (χ0v) is 13.1. The summed E-state index contributed by atoms with van der Waals surface area (Å²) in [6.45, 7) is 16.7. The van der Waals surface area contributed by atoms with Crippen LogP contribution in [0.4, 0.5) is 0 Å². The van der Waals surface area contributed by atoms with Crippen molar-refractivity contribution >= 4 is 13.7 Å². The molecule has 0 aromatic rings. The summed E-state index contributed by atoms with van der Waals surface area (Å²) >= 11 is 0. The Morgan fingerprint density at radius 2 is 1.59 bits per heavy atom. The fourth-order valence-electron chi connectivity index (χ4n) is 0.714. The molecule has 0 saturated heterocycles. The van der Waals surface area contributed by atoms with Gasteiger partial charge in [0.15, 0.2) is 0 Å². The Labute approximate surface area is 109 Å². The van der Waals surface area contributed by atoms with Crippen LogP contribution >= 0.6 is 0 Å². The molecule has 1 radical (unpaired) electrons. The van der Waals surface area contributed by atoms with Gasteiger partial charge in [0.2, 0.25) is 0 Å². The third kappa shape index (κ3) is 7.38. The molecule has 0 heterocycles. The quantitative estimate of drug-likeness (QED) is 0.534. The molecule has 3 heteroatoms. The van der Waals surface area contributed by atoms with E-state index >= 15 is 0 Å². The molecule has 0 aliphatic rings. The van der Waals surface area contributed by atoms with Crippen molar-refractivity contribution in [2.24, 2.45) is 10.4 Å². The lowest BCUT2D eigenvalue weighted by molar-refractivity contribution is 0.00456. The van der Waals surface area contributed by atoms with E-state index in [4.69, 9.17) is 4.65 Å². The van der Waals surface area contributed by atoms with Gasteiger partial charge in [0.05, 0.1) is 5.60 Å². The largest absolute Gasteiger partial charge is 0.429 e. The number of nitrogens with zero attached hydrogens (tertiary/aromatic N) is 1. The van der Waals surface area contributed by atoms with Crippen molar-refractivity contribution in [1.82, 2.24) is 0 Å². The highest BCUT2D eigenvalue weighted by molar-refractivity contribution is 6.46. The maximum atomic E-state index is 5.81. The van der Waals surface area contributed by atoms with Crippen LogP contribution in [-0.2, 0) is 4.65 Å². The van der Waals surface area contributed by atoms with Crippen LogP contribution in [-0.4, -0.2) is 26.3 Å². The molecule has 0 aliphatic carbocycles. The second-order valence-electron chi connectivity index (χ2n) is 5.17. The van der Waals surface area contributed by atoms with Crippen LogP contribution < -0.4 is 0 Å². The third-order valence-electron chi connectivity index (χ3n) is 2.91. The third-order valence-corrected chi connectivity index (χ3v) is 2.91. The molecule has 0 N–H and O–H groups in total. The first-order valence-corrected chi connectivity index (χ1v) is 6.34. The number of hydrogen-bond acceptors (Lipinski definition) is 2. The predicted molar refractivity (Wildman–Crippen MR) is 79.9 cm³/mol. The molecule has 17 heavy (non-hydrogen) atoms. The van der Waals surface area contributed by atoms with Crippen molar-refractivity contribution in [2.45, 2.75) is 61.0 Å². The van der Waals surface area contributed by atoms with Gasteiger partial charge in [-0.05, 0) is 31.7 Å². The zero-order valence-electron chi connectivity index (χ0n) is 13.1. The molecule has 0 atom stereocenters. The van der Waals surface area contributed by atoms with Crippen LogP contribution in [0.2, 0.25) is 0 Å². The minimum atomic E-state index is -0.192. The van der Waals surface area contributed by atoms with E-state index in [0.29, 0.717) is 0 Å². The van der Waals surface area contributed by atoms with Crippen LogP contribution in [0.25, 0.3) is 0 Å². The summed E-state index contributed by atoms with van der Waals surface area (Å²) in [4.78, 5) is 3.97. The first kappa shape index (κ1) is 18.8. The van der Waals surface area contributed by atoms with Gasteiger partial charge in [0.25, 0.3) is 0 Å². The van der Waals surface area contributed by atoms with Crippen LogP contribution in [0.1, 0.15) is 55.4 Å². The molecule has 0 fully saturated rings. The Morgan fingerprint density at radius 1 is 1.12 bits per heavy atom. The van der Waals surface area contributed by atoms with Crippen molar-refractivity contribution < 1.29 is 4.65 Å². The molecule has 99 valence electrons. The molecule has 0 aromatic carbocycles. The summed E-state index contributed by atoms with van der Waals surface area (Å²) in [5, 5.41) is 0. The standard InChI is InChI=1S/C12H23BNO.C2H6/c1-8-10(9-14-7)13-15-12(5,6)11(2,3)4;1-2/h8-9H,1-7H3;1-2H3/b10-8+,14-9?;. The molecule has 2 nitrogen and oxygen atoms in total. The summed E-state index contributed by atoms with van der Waals surface area (Å²) in [6, 6.07) is 0. The van der Waals surface area contributed by atoms with Gasteiger partial charge >= 0.3 is 7.48 Å². The second kappa shape index (κ2) is 8.51. The van der Waals surface area contributed by atoms with E-state index in [-0.39, 0.29) is 11.0 Å². The summed E-state index contributed by atoms with van der Waals surface area (Å²) < 4.78 is 5.81. The van der Waals surface area contributed by atoms with Crippen LogP contribution in [0.15, 0.2) is 16.5 Å². The van der Waals surface area contributed by atoms with Crippen molar-refractivity contribution in [3.8, 4) is 0 Å². The SMILES string of the molecule is C/C=C(/[B]OC(C)(C)C(C)(C)C)C=NC.CC. The molecular formula is C14H29BNO. The van der Waals surface area contributed by atoms with E-state index in [0.717, 1.165) is 5.47 Å². The number of allylic oxidation sites excluding steroid dienone is 2. The number of rotatable bonds is 4. The molecule has 0 aliphatic heterocycles. The van der Waals surface area contributed by atoms with E-state index in [1.807, 2.05) is 26.8 Å². The maximum absolute atomic E-state index is 5.81. The molecule has 0 unspecified atom stereocenters. The smallest absolute Gasteiger partial charge is 0.331 e. The summed E-state index contributed by atoms with van der Waals surface area (Å²) in [5.74, 6) is 0. The van der Waals surface area contributed by atoms with Crippen molar-refractivity contribution in [3.05, 3.63) is 11.5 Å². The predicted octanol–water partition coefficient (Wildman–Crippen LogP) is 4.08. The summed E-state index contributed by atoms with van der Waals surface area (Å²) in [7, 11) is 3.53. The molecule has 0 bridgehead atoms. The van der Waals surface area contributed by atoms with Gasteiger partial charge in [0, 0.05) is 13.3 Å². The monoisotopic (exact) mass is 238 g/mol. The Bertz CT molecular complexity index is 249. The lowest BCUT2D eigenvalue weighted by atomic mass is 9.76. The molecule has 0 rings (SSSR count). The first-order chi connectivity index (χ1) is 7.74. The summed E-state index contributed by atoms with van der Waals surface area (Å²) in [5.41, 5.74) is 0.906. The van der Waals surface area contributed by atoms with Gasteiger partial charge in [-0.15, -0.1) is 0 Å². The minimum Gasteiger partial charge on any atom is -0.429 e. The minimum absolute atomic E-state index is 0.103. The van der Waals surface area contributed by atoms with E-state index < -0.39 is 0 Å². The first-order valence-electron chi connectivity index (χ1n) is 6.34. The molecule has 0 amide bonds. The molecular weight excluding hydrogens is 209 g/mol. The van der Waals surface area contributed by atoms with Gasteiger partial charge in [-0.3, -0.25) is 4.99 Å². The molecule has 0 spiro atoms. The van der Waals surface area contributed by atoms with Gasteiger partial charge < -0.3 is 4.65 Å². The maximum Gasteiger partial charge on any atom is 0.331 e.